The third kappa shape index (κ3) is 6.68. The first-order valence-electron chi connectivity index (χ1n) is 8.67. The van der Waals surface area contributed by atoms with E-state index >= 15 is 0 Å². The Kier molecular flexibility index (Phi) is 9.46. The Morgan fingerprint density at radius 3 is 2.78 bits per heavy atom. The summed E-state index contributed by atoms with van der Waals surface area (Å²) >= 11 is 0. The summed E-state index contributed by atoms with van der Waals surface area (Å²) < 4.78 is 0. The van der Waals surface area contributed by atoms with Crippen molar-refractivity contribution in [3.8, 4) is 0 Å². The van der Waals surface area contributed by atoms with Crippen molar-refractivity contribution in [2.45, 2.75) is 46.6 Å². The largest absolute Gasteiger partial charge is 0.405 e. The van der Waals surface area contributed by atoms with Crippen molar-refractivity contribution in [2.24, 2.45) is 16.6 Å². The summed E-state index contributed by atoms with van der Waals surface area (Å²) in [6.45, 7) is 6.89. The van der Waals surface area contributed by atoms with Crippen molar-refractivity contribution in [1.82, 2.24) is 0 Å². The maximum atomic E-state index is 5.59. The van der Waals surface area contributed by atoms with Crippen LogP contribution < -0.4 is 5.73 Å². The Labute approximate surface area is 141 Å². The van der Waals surface area contributed by atoms with Crippen LogP contribution in [0.25, 0.3) is 0 Å². The minimum Gasteiger partial charge on any atom is -0.405 e. The lowest BCUT2D eigenvalue weighted by molar-refractivity contribution is 0.759. The summed E-state index contributed by atoms with van der Waals surface area (Å²) in [5, 5.41) is 0. The molecular weight excluding hydrogens is 280 g/mol. The highest BCUT2D eigenvalue weighted by Crippen LogP contribution is 2.17. The van der Waals surface area contributed by atoms with Crippen LogP contribution in [0.4, 0.5) is 0 Å². The van der Waals surface area contributed by atoms with Crippen LogP contribution in [0.15, 0.2) is 65.8 Å². The van der Waals surface area contributed by atoms with E-state index in [9.17, 15) is 0 Å². The number of aryl methyl sites for hydroxylation is 1. The van der Waals surface area contributed by atoms with Gasteiger partial charge < -0.3 is 5.73 Å². The van der Waals surface area contributed by atoms with Crippen LogP contribution in [0.1, 0.15) is 44.7 Å². The topological polar surface area (TPSA) is 38.4 Å². The molecule has 1 aliphatic carbocycles. The molecule has 23 heavy (non-hydrogen) atoms. The Balaban J connectivity index is 0.00000127. The van der Waals surface area contributed by atoms with E-state index in [1.807, 2.05) is 19.9 Å². The van der Waals surface area contributed by atoms with E-state index in [1.165, 1.54) is 11.1 Å². The van der Waals surface area contributed by atoms with E-state index < -0.39 is 0 Å². The Hall–Kier alpha value is -2.09. The molecule has 0 saturated carbocycles. The lowest BCUT2D eigenvalue weighted by Gasteiger charge is -2.12. The molecule has 0 aliphatic heterocycles. The number of hydrogen-bond donors (Lipinski definition) is 1. The number of aliphatic imine (C=N–C) groups is 1. The maximum absolute atomic E-state index is 5.59. The van der Waals surface area contributed by atoms with E-state index in [0.29, 0.717) is 12.5 Å². The molecule has 1 unspecified atom stereocenters. The summed E-state index contributed by atoms with van der Waals surface area (Å²) in [6.07, 6.45) is 15.4. The molecule has 2 N–H and O–H groups in total. The van der Waals surface area contributed by atoms with Gasteiger partial charge >= 0.3 is 0 Å². The second kappa shape index (κ2) is 11.5. The predicted molar refractivity (Wildman–Crippen MR) is 103 cm³/mol. The third-order valence-electron chi connectivity index (χ3n) is 3.73. The molecule has 0 fully saturated rings. The molecule has 1 atom stereocenters. The van der Waals surface area contributed by atoms with Gasteiger partial charge in [-0.3, -0.25) is 4.99 Å². The Morgan fingerprint density at radius 2 is 2.04 bits per heavy atom. The van der Waals surface area contributed by atoms with Gasteiger partial charge in [-0.15, -0.1) is 0 Å². The van der Waals surface area contributed by atoms with E-state index in [-0.39, 0.29) is 0 Å². The smallest absolute Gasteiger partial charge is 0.0643 e. The second-order valence-electron chi connectivity index (χ2n) is 5.27. The van der Waals surface area contributed by atoms with E-state index in [2.05, 4.69) is 55.5 Å². The van der Waals surface area contributed by atoms with Gasteiger partial charge in [0, 0.05) is 11.6 Å². The fourth-order valence-corrected chi connectivity index (χ4v) is 2.51. The van der Waals surface area contributed by atoms with Crippen LogP contribution in [0.3, 0.4) is 0 Å². The lowest BCUT2D eigenvalue weighted by atomic mass is 9.97. The van der Waals surface area contributed by atoms with Gasteiger partial charge in [0.15, 0.2) is 0 Å². The Bertz CT molecular complexity index is 565. The lowest BCUT2D eigenvalue weighted by Crippen LogP contribution is -2.10. The highest BCUT2D eigenvalue weighted by Gasteiger charge is 2.10. The molecule has 0 saturated heterocycles. The summed E-state index contributed by atoms with van der Waals surface area (Å²) in [5.41, 5.74) is 9.27. The molecule has 2 nitrogen and oxygen atoms in total. The zero-order chi connectivity index (χ0) is 16.9. The van der Waals surface area contributed by atoms with Gasteiger partial charge in [-0.2, -0.15) is 0 Å². The first kappa shape index (κ1) is 19.0. The van der Waals surface area contributed by atoms with Crippen LogP contribution in [0.5, 0.6) is 0 Å². The highest BCUT2D eigenvalue weighted by atomic mass is 14.7. The molecule has 1 aliphatic rings. The predicted octanol–water partition coefficient (Wildman–Crippen LogP) is 5.21. The minimum atomic E-state index is 0.356. The number of nitrogens with two attached hydrogens (primary N) is 1. The summed E-state index contributed by atoms with van der Waals surface area (Å²) in [5.74, 6) is 0.356. The molecule has 0 amide bonds. The van der Waals surface area contributed by atoms with Crippen LogP contribution in [-0.4, -0.2) is 5.71 Å². The number of benzene rings is 1. The van der Waals surface area contributed by atoms with Gasteiger partial charge in [-0.05, 0) is 42.7 Å². The van der Waals surface area contributed by atoms with Crippen molar-refractivity contribution in [3.63, 3.8) is 0 Å². The van der Waals surface area contributed by atoms with Crippen molar-refractivity contribution >= 4 is 5.71 Å². The van der Waals surface area contributed by atoms with Gasteiger partial charge in [0.2, 0.25) is 0 Å². The number of hydrogen-bond acceptors (Lipinski definition) is 2. The molecule has 1 aromatic carbocycles. The third-order valence-corrected chi connectivity index (χ3v) is 3.73. The quantitative estimate of drug-likeness (QED) is 0.745. The minimum absolute atomic E-state index is 0.356. The fourth-order valence-electron chi connectivity index (χ4n) is 2.51. The molecule has 0 radical (unpaired) electrons. The normalized spacial score (nSPS) is 17.7. The summed E-state index contributed by atoms with van der Waals surface area (Å²) in [4.78, 5) is 4.80. The summed E-state index contributed by atoms with van der Waals surface area (Å²) in [7, 11) is 0. The number of nitrogens with zero attached hydrogens (tertiary/aromatic N) is 1. The zero-order valence-corrected chi connectivity index (χ0v) is 14.7. The van der Waals surface area contributed by atoms with Crippen molar-refractivity contribution in [1.29, 1.82) is 0 Å². The maximum Gasteiger partial charge on any atom is 0.0643 e. The fraction of sp³-hybridized carbons (Fsp3) is 0.381. The molecular formula is C21H30N2. The van der Waals surface area contributed by atoms with Crippen molar-refractivity contribution < 1.29 is 0 Å². The molecule has 0 spiro atoms. The average molecular weight is 310 g/mol. The second-order valence-corrected chi connectivity index (χ2v) is 5.27. The van der Waals surface area contributed by atoms with Gasteiger partial charge in [0.05, 0.1) is 6.54 Å². The number of allylic oxidation sites excluding steroid dienone is 5. The molecule has 0 heterocycles. The molecule has 2 heteroatoms. The monoisotopic (exact) mass is 310 g/mol. The standard InChI is InChI=1S/C19H24N2.C2H6/c1-2-16-8-7-9-17(14-16)15-21-19(12-13-20)18-10-5-3-4-6-11-18;1-2/h3-5,7-10,12-14,18H,2,6,11,15,20H2,1H3;1-2H3/b13-12-,21-19?;. The van der Waals surface area contributed by atoms with E-state index in [1.54, 1.807) is 6.20 Å². The molecule has 0 bridgehead atoms. The van der Waals surface area contributed by atoms with Gasteiger partial charge in [0.25, 0.3) is 0 Å². The van der Waals surface area contributed by atoms with Crippen LogP contribution in [0, 0.1) is 5.92 Å². The van der Waals surface area contributed by atoms with Crippen LogP contribution in [0.2, 0.25) is 0 Å². The van der Waals surface area contributed by atoms with E-state index in [4.69, 9.17) is 10.7 Å². The SMILES string of the molecule is CC.CCc1cccc(CN=C(/C=C\N)C2C=CC=CCC2)c1. The van der Waals surface area contributed by atoms with Crippen molar-refractivity contribution in [3.05, 3.63) is 72.0 Å². The van der Waals surface area contributed by atoms with Gasteiger partial charge in [-0.1, -0.05) is 69.3 Å². The molecule has 0 aromatic heterocycles. The molecule has 124 valence electrons. The first-order valence-corrected chi connectivity index (χ1v) is 8.67. The van der Waals surface area contributed by atoms with Crippen molar-refractivity contribution in [2.75, 3.05) is 0 Å². The zero-order valence-electron chi connectivity index (χ0n) is 14.7. The first-order chi connectivity index (χ1) is 11.3. The molecule has 1 aromatic rings. The van der Waals surface area contributed by atoms with Crippen LogP contribution >= 0.6 is 0 Å². The van der Waals surface area contributed by atoms with E-state index in [0.717, 1.165) is 25.0 Å². The highest BCUT2D eigenvalue weighted by molar-refractivity contribution is 5.98. The van der Waals surface area contributed by atoms with Gasteiger partial charge in [0.1, 0.15) is 0 Å². The van der Waals surface area contributed by atoms with Gasteiger partial charge in [-0.25, -0.2) is 0 Å². The summed E-state index contributed by atoms with van der Waals surface area (Å²) in [6, 6.07) is 8.64. The van der Waals surface area contributed by atoms with Crippen LogP contribution in [-0.2, 0) is 13.0 Å². The number of rotatable bonds is 5. The Morgan fingerprint density at radius 1 is 1.26 bits per heavy atom. The average Bonchev–Trinajstić information content (AvgIpc) is 2.90. The molecule has 2 rings (SSSR count).